The molecule has 0 spiro atoms. The minimum absolute atomic E-state index is 0.0295. The molecule has 2 N–H and O–H groups in total. The summed E-state index contributed by atoms with van der Waals surface area (Å²) < 4.78 is 27.8. The first-order chi connectivity index (χ1) is 9.82. The molecule has 0 unspecified atom stereocenters. The standard InChI is InChI=1S/C14H19BrClNO3S/c15-11-5-6-13(12(16)9-11)21(19,20)17-10-14(18)7-3-1-2-4-8-14/h5-6,9,17-18H,1-4,7-8,10H2. The lowest BCUT2D eigenvalue weighted by molar-refractivity contribution is 0.0303. The van der Waals surface area contributed by atoms with Gasteiger partial charge in [-0.2, -0.15) is 0 Å². The Morgan fingerprint density at radius 3 is 2.43 bits per heavy atom. The Kier molecular flexibility index (Phi) is 5.71. The highest BCUT2D eigenvalue weighted by Crippen LogP contribution is 2.28. The highest BCUT2D eigenvalue weighted by molar-refractivity contribution is 9.10. The smallest absolute Gasteiger partial charge is 0.242 e. The van der Waals surface area contributed by atoms with E-state index in [0.717, 1.165) is 25.7 Å². The van der Waals surface area contributed by atoms with Gasteiger partial charge in [0, 0.05) is 11.0 Å². The summed E-state index contributed by atoms with van der Waals surface area (Å²) in [7, 11) is -3.72. The van der Waals surface area contributed by atoms with Gasteiger partial charge in [0.05, 0.1) is 10.6 Å². The highest BCUT2D eigenvalue weighted by Gasteiger charge is 2.30. The molecule has 0 saturated heterocycles. The molecular formula is C14H19BrClNO3S. The van der Waals surface area contributed by atoms with Crippen molar-refractivity contribution >= 4 is 37.6 Å². The first kappa shape index (κ1) is 17.2. The first-order valence-electron chi connectivity index (χ1n) is 7.00. The van der Waals surface area contributed by atoms with Crippen LogP contribution in [-0.2, 0) is 10.0 Å². The molecule has 7 heteroatoms. The molecule has 0 bridgehead atoms. The van der Waals surface area contributed by atoms with E-state index in [1.54, 1.807) is 6.07 Å². The van der Waals surface area contributed by atoms with Crippen molar-refractivity contribution in [2.24, 2.45) is 0 Å². The summed E-state index contributed by atoms with van der Waals surface area (Å²) >= 11 is 9.23. The Labute approximate surface area is 139 Å². The van der Waals surface area contributed by atoms with Gasteiger partial charge in [-0.15, -0.1) is 0 Å². The molecule has 1 aromatic carbocycles. The van der Waals surface area contributed by atoms with Gasteiger partial charge in [0.25, 0.3) is 0 Å². The van der Waals surface area contributed by atoms with E-state index in [1.807, 2.05) is 0 Å². The predicted octanol–water partition coefficient (Wildman–Crippen LogP) is 3.47. The maximum absolute atomic E-state index is 12.3. The zero-order chi connectivity index (χ0) is 15.5. The average molecular weight is 397 g/mol. The van der Waals surface area contributed by atoms with Crippen LogP contribution in [-0.4, -0.2) is 25.7 Å². The summed E-state index contributed by atoms with van der Waals surface area (Å²) in [5, 5.41) is 10.7. The molecule has 1 aliphatic rings. The molecule has 1 fully saturated rings. The largest absolute Gasteiger partial charge is 0.389 e. The minimum atomic E-state index is -3.72. The first-order valence-corrected chi connectivity index (χ1v) is 9.65. The summed E-state index contributed by atoms with van der Waals surface area (Å²) in [5.41, 5.74) is -0.953. The number of hydrogen-bond acceptors (Lipinski definition) is 3. The van der Waals surface area contributed by atoms with Crippen molar-refractivity contribution in [1.82, 2.24) is 4.72 Å². The lowest BCUT2D eigenvalue weighted by Gasteiger charge is -2.26. The van der Waals surface area contributed by atoms with Gasteiger partial charge in [0.1, 0.15) is 4.90 Å². The maximum atomic E-state index is 12.3. The van der Waals surface area contributed by atoms with Crippen molar-refractivity contribution in [2.75, 3.05) is 6.54 Å². The SMILES string of the molecule is O=S(=O)(NCC1(O)CCCCCC1)c1ccc(Br)cc1Cl. The Morgan fingerprint density at radius 2 is 1.86 bits per heavy atom. The number of aliphatic hydroxyl groups is 1. The van der Waals surface area contributed by atoms with Crippen molar-refractivity contribution < 1.29 is 13.5 Å². The molecule has 0 aromatic heterocycles. The molecule has 0 aliphatic heterocycles. The number of sulfonamides is 1. The minimum Gasteiger partial charge on any atom is -0.389 e. The zero-order valence-corrected chi connectivity index (χ0v) is 14.8. The second-order valence-electron chi connectivity index (χ2n) is 5.54. The van der Waals surface area contributed by atoms with Crippen LogP contribution in [0.2, 0.25) is 5.02 Å². The molecule has 0 amide bonds. The Morgan fingerprint density at radius 1 is 1.24 bits per heavy atom. The van der Waals surface area contributed by atoms with Crippen LogP contribution in [0.15, 0.2) is 27.6 Å². The summed E-state index contributed by atoms with van der Waals surface area (Å²) in [5.74, 6) is 0. The van der Waals surface area contributed by atoms with Gasteiger partial charge in [-0.1, -0.05) is 53.2 Å². The van der Waals surface area contributed by atoms with Crippen LogP contribution in [0.1, 0.15) is 38.5 Å². The molecule has 4 nitrogen and oxygen atoms in total. The Hall–Kier alpha value is -0.140. The third-order valence-electron chi connectivity index (χ3n) is 3.81. The van der Waals surface area contributed by atoms with Crippen LogP contribution < -0.4 is 4.72 Å². The van der Waals surface area contributed by atoms with E-state index in [0.29, 0.717) is 17.3 Å². The second-order valence-corrected chi connectivity index (χ2v) is 8.60. The topological polar surface area (TPSA) is 66.4 Å². The molecule has 0 radical (unpaired) electrons. The van der Waals surface area contributed by atoms with Crippen molar-refractivity contribution in [1.29, 1.82) is 0 Å². The van der Waals surface area contributed by atoms with Gasteiger partial charge in [0.15, 0.2) is 0 Å². The molecule has 1 aliphatic carbocycles. The van der Waals surface area contributed by atoms with Gasteiger partial charge < -0.3 is 5.11 Å². The third-order valence-corrected chi connectivity index (χ3v) is 6.19. The normalized spacial score (nSPS) is 19.2. The summed E-state index contributed by atoms with van der Waals surface area (Å²) in [6.07, 6.45) is 5.29. The predicted molar refractivity (Wildman–Crippen MR) is 87.0 cm³/mol. The van der Waals surface area contributed by atoms with Crippen molar-refractivity contribution in [3.05, 3.63) is 27.7 Å². The van der Waals surface area contributed by atoms with E-state index in [-0.39, 0.29) is 16.5 Å². The van der Waals surface area contributed by atoms with Crippen LogP contribution in [0, 0.1) is 0 Å². The van der Waals surface area contributed by atoms with Crippen molar-refractivity contribution in [2.45, 2.75) is 49.0 Å². The number of benzene rings is 1. The lowest BCUT2D eigenvalue weighted by atomic mass is 9.95. The fourth-order valence-electron chi connectivity index (χ4n) is 2.56. The maximum Gasteiger partial charge on any atom is 0.242 e. The van der Waals surface area contributed by atoms with E-state index in [2.05, 4.69) is 20.7 Å². The molecule has 118 valence electrons. The van der Waals surface area contributed by atoms with E-state index in [4.69, 9.17) is 11.6 Å². The van der Waals surface area contributed by atoms with Crippen LogP contribution in [0.25, 0.3) is 0 Å². The van der Waals surface area contributed by atoms with Gasteiger partial charge in [-0.25, -0.2) is 13.1 Å². The fourth-order valence-corrected chi connectivity index (χ4v) is 4.72. The third kappa shape index (κ3) is 4.66. The highest BCUT2D eigenvalue weighted by atomic mass is 79.9. The van der Waals surface area contributed by atoms with Crippen LogP contribution in [0.5, 0.6) is 0 Å². The molecule has 1 saturated carbocycles. The van der Waals surface area contributed by atoms with Gasteiger partial charge >= 0.3 is 0 Å². The quantitative estimate of drug-likeness (QED) is 0.766. The number of nitrogens with one attached hydrogen (secondary N) is 1. The van der Waals surface area contributed by atoms with E-state index < -0.39 is 15.6 Å². The average Bonchev–Trinajstić information content (AvgIpc) is 2.62. The van der Waals surface area contributed by atoms with Crippen LogP contribution in [0.4, 0.5) is 0 Å². The summed E-state index contributed by atoms with van der Waals surface area (Å²) in [6.45, 7) is 0.0295. The van der Waals surface area contributed by atoms with Crippen LogP contribution >= 0.6 is 27.5 Å². The summed E-state index contributed by atoms with van der Waals surface area (Å²) in [4.78, 5) is 0.0320. The molecular weight excluding hydrogens is 378 g/mol. The van der Waals surface area contributed by atoms with Gasteiger partial charge in [0.2, 0.25) is 10.0 Å². The van der Waals surface area contributed by atoms with Crippen molar-refractivity contribution in [3.8, 4) is 0 Å². The number of hydrogen-bond donors (Lipinski definition) is 2. The Bertz CT molecular complexity index is 598. The molecule has 0 heterocycles. The molecule has 21 heavy (non-hydrogen) atoms. The molecule has 1 aromatic rings. The van der Waals surface area contributed by atoms with E-state index >= 15 is 0 Å². The van der Waals surface area contributed by atoms with Gasteiger partial charge in [-0.05, 0) is 31.0 Å². The lowest BCUT2D eigenvalue weighted by Crippen LogP contribution is -2.42. The zero-order valence-electron chi connectivity index (χ0n) is 11.6. The summed E-state index contributed by atoms with van der Waals surface area (Å²) in [6, 6.07) is 4.61. The Balaban J connectivity index is 2.10. The van der Waals surface area contributed by atoms with Crippen LogP contribution in [0.3, 0.4) is 0 Å². The van der Waals surface area contributed by atoms with E-state index in [9.17, 15) is 13.5 Å². The van der Waals surface area contributed by atoms with E-state index in [1.165, 1.54) is 12.1 Å². The number of rotatable bonds is 4. The van der Waals surface area contributed by atoms with Gasteiger partial charge in [-0.3, -0.25) is 0 Å². The molecule has 0 atom stereocenters. The number of halogens is 2. The van der Waals surface area contributed by atoms with Crippen molar-refractivity contribution in [3.63, 3.8) is 0 Å². The second kappa shape index (κ2) is 6.96. The monoisotopic (exact) mass is 395 g/mol. The fraction of sp³-hybridized carbons (Fsp3) is 0.571. The molecule has 2 rings (SSSR count).